The van der Waals surface area contributed by atoms with Crippen molar-refractivity contribution in [2.45, 2.75) is 0 Å². The molecule has 0 nitrogen and oxygen atoms in total. The van der Waals surface area contributed by atoms with Gasteiger partial charge in [-0.3, -0.25) is 0 Å². The van der Waals surface area contributed by atoms with Crippen LogP contribution in [0.15, 0.2) is 146 Å². The molecule has 9 aromatic rings. The predicted molar refractivity (Wildman–Crippen MR) is 180 cm³/mol. The standard InChI is InChI=1S/C40H24S/c1-2-8-30-25(7-1)17-21-35-33(30)20-18-27-15-13-26-14-16-28(23-36(26)40(27)35)31-9-3-4-10-32(31)29-19-22-39-37(24-29)34-11-5-6-12-38(34)41-39/h1-24H. The number of thiophene rings is 1. The average Bonchev–Trinajstić information content (AvgIpc) is 3.42. The number of rotatable bonds is 2. The van der Waals surface area contributed by atoms with Gasteiger partial charge in [0.15, 0.2) is 0 Å². The van der Waals surface area contributed by atoms with E-state index in [1.807, 2.05) is 11.3 Å². The van der Waals surface area contributed by atoms with Crippen molar-refractivity contribution < 1.29 is 0 Å². The van der Waals surface area contributed by atoms with Gasteiger partial charge in [-0.15, -0.1) is 11.3 Å². The van der Waals surface area contributed by atoms with Crippen molar-refractivity contribution in [1.82, 2.24) is 0 Å². The predicted octanol–water partition coefficient (Wildman–Crippen LogP) is 12.0. The Morgan fingerprint density at radius 1 is 0.317 bits per heavy atom. The zero-order valence-corrected chi connectivity index (χ0v) is 23.1. The Bertz CT molecular complexity index is 2480. The van der Waals surface area contributed by atoms with Gasteiger partial charge in [-0.2, -0.15) is 0 Å². The van der Waals surface area contributed by atoms with Gasteiger partial charge in [0, 0.05) is 20.2 Å². The highest BCUT2D eigenvalue weighted by molar-refractivity contribution is 7.25. The molecule has 1 heteroatoms. The van der Waals surface area contributed by atoms with E-state index >= 15 is 0 Å². The fourth-order valence-electron chi connectivity index (χ4n) is 6.69. The van der Waals surface area contributed by atoms with Crippen molar-refractivity contribution >= 4 is 74.6 Å². The molecule has 190 valence electrons. The molecule has 0 saturated carbocycles. The molecule has 0 saturated heterocycles. The van der Waals surface area contributed by atoms with E-state index in [9.17, 15) is 0 Å². The molecular formula is C40H24S. The minimum Gasteiger partial charge on any atom is -0.135 e. The zero-order valence-electron chi connectivity index (χ0n) is 22.3. The first-order chi connectivity index (χ1) is 20.3. The van der Waals surface area contributed by atoms with Crippen LogP contribution in [0.25, 0.3) is 85.5 Å². The van der Waals surface area contributed by atoms with Crippen LogP contribution in [0, 0.1) is 0 Å². The largest absolute Gasteiger partial charge is 0.135 e. The van der Waals surface area contributed by atoms with Gasteiger partial charge in [-0.25, -0.2) is 0 Å². The van der Waals surface area contributed by atoms with E-state index in [-0.39, 0.29) is 0 Å². The first-order valence-electron chi connectivity index (χ1n) is 14.1. The minimum atomic E-state index is 1.24. The van der Waals surface area contributed by atoms with E-state index in [1.165, 1.54) is 85.5 Å². The van der Waals surface area contributed by atoms with Crippen LogP contribution in [0.1, 0.15) is 0 Å². The Labute approximate surface area is 241 Å². The Morgan fingerprint density at radius 3 is 1.76 bits per heavy atom. The zero-order chi connectivity index (χ0) is 26.9. The molecular weight excluding hydrogens is 513 g/mol. The quantitative estimate of drug-likeness (QED) is 0.193. The number of benzene rings is 8. The van der Waals surface area contributed by atoms with Crippen molar-refractivity contribution in [1.29, 1.82) is 0 Å². The van der Waals surface area contributed by atoms with Gasteiger partial charge in [-0.05, 0) is 89.6 Å². The van der Waals surface area contributed by atoms with E-state index in [4.69, 9.17) is 0 Å². The van der Waals surface area contributed by atoms with E-state index in [2.05, 4.69) is 146 Å². The molecule has 0 aliphatic rings. The van der Waals surface area contributed by atoms with Gasteiger partial charge in [0.05, 0.1) is 0 Å². The molecule has 8 aromatic carbocycles. The van der Waals surface area contributed by atoms with Gasteiger partial charge >= 0.3 is 0 Å². The maximum Gasteiger partial charge on any atom is 0.0355 e. The second-order valence-corrected chi connectivity index (χ2v) is 12.0. The second kappa shape index (κ2) is 8.76. The van der Waals surface area contributed by atoms with E-state index in [0.29, 0.717) is 0 Å². The molecule has 0 radical (unpaired) electrons. The normalized spacial score (nSPS) is 11.9. The van der Waals surface area contributed by atoms with Crippen molar-refractivity contribution in [2.75, 3.05) is 0 Å². The molecule has 0 aliphatic heterocycles. The lowest BCUT2D eigenvalue weighted by Crippen LogP contribution is -1.87. The summed E-state index contributed by atoms with van der Waals surface area (Å²) >= 11 is 1.87. The third-order valence-electron chi connectivity index (χ3n) is 8.65. The molecule has 0 fully saturated rings. The monoisotopic (exact) mass is 536 g/mol. The molecule has 0 N–H and O–H groups in total. The van der Waals surface area contributed by atoms with Crippen LogP contribution in [0.4, 0.5) is 0 Å². The molecule has 1 heterocycles. The lowest BCUT2D eigenvalue weighted by Gasteiger charge is -2.14. The summed E-state index contributed by atoms with van der Waals surface area (Å²) in [7, 11) is 0. The Balaban J connectivity index is 1.29. The summed E-state index contributed by atoms with van der Waals surface area (Å²) in [6, 6.07) is 53.9. The molecule has 0 aliphatic carbocycles. The average molecular weight is 537 g/mol. The molecule has 0 amide bonds. The highest BCUT2D eigenvalue weighted by atomic mass is 32.1. The van der Waals surface area contributed by atoms with E-state index in [1.54, 1.807) is 0 Å². The van der Waals surface area contributed by atoms with Gasteiger partial charge in [0.25, 0.3) is 0 Å². The summed E-state index contributed by atoms with van der Waals surface area (Å²) in [6.07, 6.45) is 0. The maximum atomic E-state index is 2.41. The summed E-state index contributed by atoms with van der Waals surface area (Å²) in [5.74, 6) is 0. The van der Waals surface area contributed by atoms with Gasteiger partial charge in [-0.1, -0.05) is 121 Å². The summed E-state index contributed by atoms with van der Waals surface area (Å²) in [5.41, 5.74) is 5.02. The molecule has 0 atom stereocenters. The van der Waals surface area contributed by atoms with Crippen LogP contribution in [0.5, 0.6) is 0 Å². The third-order valence-corrected chi connectivity index (χ3v) is 9.80. The SMILES string of the molecule is c1ccc(-c2ccc3ccc4ccc5c6ccccc6ccc5c4c3c2)c(-c2ccc3sc4ccccc4c3c2)c1. The number of hydrogen-bond acceptors (Lipinski definition) is 1. The Kier molecular flexibility index (Phi) is 4.87. The molecule has 41 heavy (non-hydrogen) atoms. The molecule has 0 bridgehead atoms. The highest BCUT2D eigenvalue weighted by Gasteiger charge is 2.13. The molecule has 0 spiro atoms. The first-order valence-corrected chi connectivity index (χ1v) is 14.9. The lowest BCUT2D eigenvalue weighted by atomic mass is 9.90. The maximum absolute atomic E-state index is 2.41. The Morgan fingerprint density at radius 2 is 0.878 bits per heavy atom. The van der Waals surface area contributed by atoms with E-state index in [0.717, 1.165) is 0 Å². The smallest absolute Gasteiger partial charge is 0.0355 e. The van der Waals surface area contributed by atoms with E-state index < -0.39 is 0 Å². The van der Waals surface area contributed by atoms with Gasteiger partial charge < -0.3 is 0 Å². The second-order valence-electron chi connectivity index (χ2n) is 10.9. The van der Waals surface area contributed by atoms with Crippen LogP contribution in [-0.4, -0.2) is 0 Å². The van der Waals surface area contributed by atoms with Crippen LogP contribution in [0.3, 0.4) is 0 Å². The summed E-state index contributed by atoms with van der Waals surface area (Å²) in [6.45, 7) is 0. The summed E-state index contributed by atoms with van der Waals surface area (Å²) < 4.78 is 2.68. The fourth-order valence-corrected chi connectivity index (χ4v) is 7.78. The van der Waals surface area contributed by atoms with Crippen molar-refractivity contribution in [2.24, 2.45) is 0 Å². The highest BCUT2D eigenvalue weighted by Crippen LogP contribution is 2.41. The lowest BCUT2D eigenvalue weighted by molar-refractivity contribution is 1.62. The molecule has 9 rings (SSSR count). The van der Waals surface area contributed by atoms with Crippen LogP contribution >= 0.6 is 11.3 Å². The molecule has 0 unspecified atom stereocenters. The summed E-state index contributed by atoms with van der Waals surface area (Å²) in [4.78, 5) is 0. The van der Waals surface area contributed by atoms with Crippen LogP contribution in [0.2, 0.25) is 0 Å². The van der Waals surface area contributed by atoms with Crippen LogP contribution in [-0.2, 0) is 0 Å². The first kappa shape index (κ1) is 22.8. The van der Waals surface area contributed by atoms with Crippen LogP contribution < -0.4 is 0 Å². The minimum absolute atomic E-state index is 1.24. The topological polar surface area (TPSA) is 0 Å². The summed E-state index contributed by atoms with van der Waals surface area (Å²) in [5, 5.41) is 13.1. The Hall–Kier alpha value is -4.98. The van der Waals surface area contributed by atoms with Crippen molar-refractivity contribution in [3.05, 3.63) is 146 Å². The van der Waals surface area contributed by atoms with Crippen molar-refractivity contribution in [3.8, 4) is 22.3 Å². The number of hydrogen-bond donors (Lipinski definition) is 0. The molecule has 1 aromatic heterocycles. The van der Waals surface area contributed by atoms with Gasteiger partial charge in [0.2, 0.25) is 0 Å². The van der Waals surface area contributed by atoms with Gasteiger partial charge in [0.1, 0.15) is 0 Å². The third kappa shape index (κ3) is 3.46. The number of fused-ring (bicyclic) bond motifs is 10. The fraction of sp³-hybridized carbons (Fsp3) is 0. The van der Waals surface area contributed by atoms with Crippen molar-refractivity contribution in [3.63, 3.8) is 0 Å².